The van der Waals surface area contributed by atoms with E-state index in [2.05, 4.69) is 0 Å². The molecule has 0 aromatic carbocycles. The highest BCUT2D eigenvalue weighted by Gasteiger charge is 2.39. The van der Waals surface area contributed by atoms with Crippen LogP contribution in [-0.4, -0.2) is 31.3 Å². The molecule has 0 heterocycles. The summed E-state index contributed by atoms with van der Waals surface area (Å²) in [5.74, 6) is -1.05. The monoisotopic (exact) mass is 212 g/mol. The van der Waals surface area contributed by atoms with Crippen molar-refractivity contribution in [2.24, 2.45) is 0 Å². The van der Waals surface area contributed by atoms with Crippen molar-refractivity contribution in [2.45, 2.75) is 31.5 Å². The van der Waals surface area contributed by atoms with Gasteiger partial charge in [-0.15, -0.1) is 0 Å². The van der Waals surface area contributed by atoms with Crippen LogP contribution in [0.5, 0.6) is 0 Å². The van der Waals surface area contributed by atoms with E-state index in [0.29, 0.717) is 0 Å². The van der Waals surface area contributed by atoms with Gasteiger partial charge in [0.2, 0.25) is 0 Å². The Balaban J connectivity index is 4.05. The molecule has 0 fully saturated rings. The number of rotatable bonds is 5. The third-order valence-corrected chi connectivity index (χ3v) is 3.15. The molecule has 13 heavy (non-hydrogen) atoms. The number of hydrogen-bond donors (Lipinski definition) is 4. The normalized spacial score (nSPS) is 16.6. The van der Waals surface area contributed by atoms with Gasteiger partial charge in [-0.2, -0.15) is 0 Å². The maximum absolute atomic E-state index is 10.6. The molecular formula is C6H13O6P. The summed E-state index contributed by atoms with van der Waals surface area (Å²) in [6, 6.07) is 0. The molecule has 0 aromatic rings. The lowest BCUT2D eigenvalue weighted by molar-refractivity contribution is -0.137. The van der Waals surface area contributed by atoms with Crippen molar-refractivity contribution in [1.82, 2.24) is 0 Å². The molecule has 0 aliphatic carbocycles. The molecule has 0 radical (unpaired) electrons. The molecule has 4 N–H and O–H groups in total. The van der Waals surface area contributed by atoms with E-state index in [0.717, 1.165) is 6.92 Å². The molecule has 0 saturated heterocycles. The van der Waals surface area contributed by atoms with E-state index in [1.54, 1.807) is 0 Å². The van der Waals surface area contributed by atoms with Crippen LogP contribution in [-0.2, 0) is 9.36 Å². The van der Waals surface area contributed by atoms with E-state index >= 15 is 0 Å². The molecule has 0 rings (SSSR count). The number of hydrogen-bond acceptors (Lipinski definition) is 3. The van der Waals surface area contributed by atoms with Crippen molar-refractivity contribution >= 4 is 13.6 Å². The molecule has 1 unspecified atom stereocenters. The van der Waals surface area contributed by atoms with Crippen LogP contribution in [0.25, 0.3) is 0 Å². The van der Waals surface area contributed by atoms with Crippen LogP contribution >= 0.6 is 7.60 Å². The van der Waals surface area contributed by atoms with E-state index in [9.17, 15) is 14.5 Å². The van der Waals surface area contributed by atoms with Crippen LogP contribution in [0.3, 0.4) is 0 Å². The number of carboxylic acid groups (broad SMARTS) is 1. The summed E-state index contributed by atoms with van der Waals surface area (Å²) in [5, 5.41) is 15.3. The Morgan fingerprint density at radius 3 is 2.23 bits per heavy atom. The van der Waals surface area contributed by atoms with Gasteiger partial charge in [0, 0.05) is 6.42 Å². The maximum Gasteiger partial charge on any atom is 0.356 e. The molecule has 0 saturated carbocycles. The number of carbonyl (C=O) groups is 1. The highest BCUT2D eigenvalue weighted by atomic mass is 31.2. The van der Waals surface area contributed by atoms with Crippen LogP contribution in [0, 0.1) is 0 Å². The SMILES string of the molecule is CC(O)(CCCC(=O)O)P(=O)(O)O. The summed E-state index contributed by atoms with van der Waals surface area (Å²) in [6.07, 6.45) is -0.410. The van der Waals surface area contributed by atoms with Gasteiger partial charge >= 0.3 is 13.6 Å². The van der Waals surface area contributed by atoms with Crippen molar-refractivity contribution in [3.8, 4) is 0 Å². The first kappa shape index (κ1) is 12.6. The van der Waals surface area contributed by atoms with Gasteiger partial charge in [-0.05, 0) is 19.8 Å². The molecule has 6 nitrogen and oxygen atoms in total. The Morgan fingerprint density at radius 1 is 1.46 bits per heavy atom. The van der Waals surface area contributed by atoms with E-state index < -0.39 is 18.9 Å². The van der Waals surface area contributed by atoms with Gasteiger partial charge in [0.05, 0.1) is 0 Å². The van der Waals surface area contributed by atoms with E-state index in [-0.39, 0.29) is 19.3 Å². The molecule has 0 aromatic heterocycles. The Hall–Kier alpha value is -0.420. The van der Waals surface area contributed by atoms with Crippen LogP contribution in [0.1, 0.15) is 26.2 Å². The first-order valence-corrected chi connectivity index (χ1v) is 5.28. The van der Waals surface area contributed by atoms with Gasteiger partial charge in [0.1, 0.15) is 0 Å². The first-order valence-electron chi connectivity index (χ1n) is 3.66. The summed E-state index contributed by atoms with van der Waals surface area (Å²) in [4.78, 5) is 27.3. The zero-order valence-corrected chi connectivity index (χ0v) is 8.07. The molecule has 0 aliphatic rings. The number of carboxylic acids is 1. The van der Waals surface area contributed by atoms with E-state index in [4.69, 9.17) is 14.9 Å². The molecule has 0 spiro atoms. The minimum absolute atomic E-state index is 0.0352. The van der Waals surface area contributed by atoms with E-state index in [1.165, 1.54) is 0 Å². The zero-order valence-electron chi connectivity index (χ0n) is 7.17. The van der Waals surface area contributed by atoms with Crippen LogP contribution in [0.2, 0.25) is 0 Å². The van der Waals surface area contributed by atoms with Gasteiger partial charge in [-0.3, -0.25) is 9.36 Å². The van der Waals surface area contributed by atoms with Gasteiger partial charge in [-0.25, -0.2) is 0 Å². The fourth-order valence-electron chi connectivity index (χ4n) is 0.720. The summed E-state index contributed by atoms with van der Waals surface area (Å²) in [6.45, 7) is 0.996. The van der Waals surface area contributed by atoms with Gasteiger partial charge in [0.15, 0.2) is 5.34 Å². The second-order valence-electron chi connectivity index (χ2n) is 3.01. The van der Waals surface area contributed by atoms with Crippen LogP contribution < -0.4 is 0 Å². The zero-order chi connectivity index (χ0) is 10.7. The Morgan fingerprint density at radius 2 is 1.92 bits per heavy atom. The predicted molar refractivity (Wildman–Crippen MR) is 44.2 cm³/mol. The van der Waals surface area contributed by atoms with Gasteiger partial charge in [-0.1, -0.05) is 0 Å². The van der Waals surface area contributed by atoms with Crippen molar-refractivity contribution in [2.75, 3.05) is 0 Å². The predicted octanol–water partition coefficient (Wildman–Crippen LogP) is 0.127. The Labute approximate surface area is 75.4 Å². The second-order valence-corrected chi connectivity index (χ2v) is 5.06. The number of aliphatic carboxylic acids is 1. The lowest BCUT2D eigenvalue weighted by Gasteiger charge is -2.23. The smallest absolute Gasteiger partial charge is 0.356 e. The van der Waals surface area contributed by atoms with Gasteiger partial charge < -0.3 is 20.0 Å². The van der Waals surface area contributed by atoms with Crippen molar-refractivity contribution in [3.63, 3.8) is 0 Å². The summed E-state index contributed by atoms with van der Waals surface area (Å²) in [5.41, 5.74) is 0. The molecular weight excluding hydrogens is 199 g/mol. The largest absolute Gasteiger partial charge is 0.481 e. The molecule has 1 atom stereocenters. The second kappa shape index (κ2) is 4.19. The molecule has 0 amide bonds. The molecule has 78 valence electrons. The Kier molecular flexibility index (Phi) is 4.06. The summed E-state index contributed by atoms with van der Waals surface area (Å²) >= 11 is 0. The molecule has 7 heteroatoms. The lowest BCUT2D eigenvalue weighted by atomic mass is 10.2. The standard InChI is InChI=1S/C6H13O6P/c1-6(9,13(10,11)12)4-2-3-5(7)8/h9H,2-4H2,1H3,(H,7,8)(H2,10,11,12). The average molecular weight is 212 g/mol. The van der Waals surface area contributed by atoms with Gasteiger partial charge in [0.25, 0.3) is 0 Å². The average Bonchev–Trinajstić information content (AvgIpc) is 1.82. The summed E-state index contributed by atoms with van der Waals surface area (Å²) in [7, 11) is -4.57. The fourth-order valence-corrected chi connectivity index (χ4v) is 1.17. The van der Waals surface area contributed by atoms with Crippen molar-refractivity contribution in [3.05, 3.63) is 0 Å². The third-order valence-electron chi connectivity index (χ3n) is 1.67. The van der Waals surface area contributed by atoms with Crippen LogP contribution in [0.4, 0.5) is 0 Å². The fraction of sp³-hybridized carbons (Fsp3) is 0.833. The summed E-state index contributed by atoms with van der Waals surface area (Å²) < 4.78 is 10.6. The van der Waals surface area contributed by atoms with Crippen LogP contribution in [0.15, 0.2) is 0 Å². The minimum atomic E-state index is -4.57. The van der Waals surface area contributed by atoms with E-state index in [1.807, 2.05) is 0 Å². The maximum atomic E-state index is 10.6. The topological polar surface area (TPSA) is 115 Å². The third kappa shape index (κ3) is 4.38. The molecule has 0 aliphatic heterocycles. The molecule has 0 bridgehead atoms. The highest BCUT2D eigenvalue weighted by molar-refractivity contribution is 7.53. The quantitative estimate of drug-likeness (QED) is 0.481. The highest BCUT2D eigenvalue weighted by Crippen LogP contribution is 2.50. The lowest BCUT2D eigenvalue weighted by Crippen LogP contribution is -2.24. The first-order chi connectivity index (χ1) is 5.67. The van der Waals surface area contributed by atoms with Crippen molar-refractivity contribution < 1.29 is 29.4 Å². The Bertz CT molecular complexity index is 229. The van der Waals surface area contributed by atoms with Crippen molar-refractivity contribution in [1.29, 1.82) is 0 Å². The number of aliphatic hydroxyl groups is 1. The minimum Gasteiger partial charge on any atom is -0.481 e.